The Hall–Kier alpha value is -3.02. The van der Waals surface area contributed by atoms with Crippen LogP contribution in [0.4, 0.5) is 4.79 Å². The third-order valence-corrected chi connectivity index (χ3v) is 4.41. The van der Waals surface area contributed by atoms with Crippen LogP contribution in [0, 0.1) is 6.92 Å². The summed E-state index contributed by atoms with van der Waals surface area (Å²) in [6.07, 6.45) is 0.326. The molecule has 1 aliphatic heterocycles. The molecule has 0 atom stereocenters. The van der Waals surface area contributed by atoms with Gasteiger partial charge in [0, 0.05) is 26.2 Å². The molecular weight excluding hydrogens is 344 g/mol. The highest BCUT2D eigenvalue weighted by molar-refractivity contribution is 5.78. The summed E-state index contributed by atoms with van der Waals surface area (Å²) in [6, 6.07) is 16.6. The van der Waals surface area contributed by atoms with Crippen LogP contribution in [0.1, 0.15) is 12.0 Å². The van der Waals surface area contributed by atoms with E-state index in [-0.39, 0.29) is 18.6 Å². The lowest BCUT2D eigenvalue weighted by atomic mass is 10.2. The van der Waals surface area contributed by atoms with Crippen molar-refractivity contribution in [3.8, 4) is 11.5 Å². The molecule has 2 aromatic carbocycles. The average molecular weight is 368 g/mol. The highest BCUT2D eigenvalue weighted by atomic mass is 16.6. The Morgan fingerprint density at radius 2 is 1.59 bits per heavy atom. The maximum Gasteiger partial charge on any atom is 0.415 e. The summed E-state index contributed by atoms with van der Waals surface area (Å²) >= 11 is 0. The van der Waals surface area contributed by atoms with E-state index in [1.165, 1.54) is 0 Å². The van der Waals surface area contributed by atoms with Gasteiger partial charge in [-0.25, -0.2) is 4.79 Å². The predicted octanol–water partition coefficient (Wildman–Crippen LogP) is 3.11. The van der Waals surface area contributed by atoms with E-state index in [2.05, 4.69) is 0 Å². The molecule has 0 N–H and O–H groups in total. The zero-order valence-corrected chi connectivity index (χ0v) is 15.5. The van der Waals surface area contributed by atoms with Crippen LogP contribution in [0.15, 0.2) is 54.6 Å². The van der Waals surface area contributed by atoms with Crippen molar-refractivity contribution in [1.29, 1.82) is 0 Å². The number of amides is 2. The van der Waals surface area contributed by atoms with Crippen LogP contribution in [0.2, 0.25) is 0 Å². The molecule has 6 nitrogen and oxygen atoms in total. The van der Waals surface area contributed by atoms with E-state index < -0.39 is 0 Å². The summed E-state index contributed by atoms with van der Waals surface area (Å²) in [5.41, 5.74) is 1.09. The van der Waals surface area contributed by atoms with Crippen molar-refractivity contribution in [3.05, 3.63) is 60.2 Å². The third kappa shape index (κ3) is 5.48. The standard InChI is InChI=1S/C21H24N2O4/c1-17-7-5-10-19(15-17)26-16-20(24)22-11-6-12-23(14-13-22)21(25)27-18-8-3-2-4-9-18/h2-5,7-10,15H,6,11-14,16H2,1H3. The lowest BCUT2D eigenvalue weighted by Crippen LogP contribution is -2.40. The van der Waals surface area contributed by atoms with Gasteiger partial charge in [-0.15, -0.1) is 0 Å². The van der Waals surface area contributed by atoms with E-state index >= 15 is 0 Å². The van der Waals surface area contributed by atoms with Crippen molar-refractivity contribution < 1.29 is 19.1 Å². The fourth-order valence-electron chi connectivity index (χ4n) is 2.94. The summed E-state index contributed by atoms with van der Waals surface area (Å²) < 4.78 is 11.0. The molecule has 142 valence electrons. The van der Waals surface area contributed by atoms with Crippen molar-refractivity contribution in [2.24, 2.45) is 0 Å². The maximum atomic E-state index is 12.4. The number of hydrogen-bond donors (Lipinski definition) is 0. The summed E-state index contributed by atoms with van der Waals surface area (Å²) in [6.45, 7) is 4.06. The van der Waals surface area contributed by atoms with Gasteiger partial charge in [0.25, 0.3) is 5.91 Å². The molecule has 0 spiro atoms. The summed E-state index contributed by atoms with van der Waals surface area (Å²) in [4.78, 5) is 28.1. The van der Waals surface area contributed by atoms with E-state index in [1.54, 1.807) is 21.9 Å². The summed E-state index contributed by atoms with van der Waals surface area (Å²) in [5, 5.41) is 0. The number of nitrogens with zero attached hydrogens (tertiary/aromatic N) is 2. The largest absolute Gasteiger partial charge is 0.484 e. The molecule has 27 heavy (non-hydrogen) atoms. The fourth-order valence-corrected chi connectivity index (χ4v) is 2.94. The first-order chi connectivity index (χ1) is 13.1. The Morgan fingerprint density at radius 1 is 0.889 bits per heavy atom. The van der Waals surface area contributed by atoms with Crippen LogP contribution in [0.5, 0.6) is 11.5 Å². The van der Waals surface area contributed by atoms with Crippen molar-refractivity contribution in [2.75, 3.05) is 32.8 Å². The molecule has 0 radical (unpaired) electrons. The Balaban J connectivity index is 1.48. The van der Waals surface area contributed by atoms with E-state index in [0.717, 1.165) is 5.56 Å². The molecule has 1 saturated heterocycles. The first-order valence-electron chi connectivity index (χ1n) is 9.11. The topological polar surface area (TPSA) is 59.1 Å². The molecule has 2 aromatic rings. The Labute approximate surface area is 159 Å². The van der Waals surface area contributed by atoms with Gasteiger partial charge in [-0.1, -0.05) is 30.3 Å². The average Bonchev–Trinajstić information content (AvgIpc) is 2.93. The van der Waals surface area contributed by atoms with E-state index in [1.807, 2.05) is 49.4 Å². The zero-order valence-electron chi connectivity index (χ0n) is 15.5. The molecule has 3 rings (SSSR count). The minimum Gasteiger partial charge on any atom is -0.484 e. The Morgan fingerprint density at radius 3 is 2.37 bits per heavy atom. The Bertz CT molecular complexity index is 779. The van der Waals surface area contributed by atoms with Gasteiger partial charge >= 0.3 is 6.09 Å². The molecular formula is C21H24N2O4. The van der Waals surface area contributed by atoms with Crippen LogP contribution in [-0.4, -0.2) is 54.6 Å². The smallest absolute Gasteiger partial charge is 0.415 e. The van der Waals surface area contributed by atoms with Crippen LogP contribution in [0.25, 0.3) is 0 Å². The SMILES string of the molecule is Cc1cccc(OCC(=O)N2CCCN(C(=O)Oc3ccccc3)CC2)c1. The minimum atomic E-state index is -0.383. The van der Waals surface area contributed by atoms with Gasteiger partial charge in [0.15, 0.2) is 6.61 Å². The van der Waals surface area contributed by atoms with Gasteiger partial charge in [0.05, 0.1) is 0 Å². The lowest BCUT2D eigenvalue weighted by Gasteiger charge is -2.22. The first-order valence-corrected chi connectivity index (χ1v) is 9.11. The van der Waals surface area contributed by atoms with E-state index in [0.29, 0.717) is 44.1 Å². The first kappa shape index (κ1) is 18.8. The zero-order chi connectivity index (χ0) is 19.1. The molecule has 6 heteroatoms. The van der Waals surface area contributed by atoms with Crippen molar-refractivity contribution >= 4 is 12.0 Å². The third-order valence-electron chi connectivity index (χ3n) is 4.41. The molecule has 0 aromatic heterocycles. The monoisotopic (exact) mass is 368 g/mol. The number of rotatable bonds is 4. The predicted molar refractivity (Wildman–Crippen MR) is 102 cm³/mol. The molecule has 0 unspecified atom stereocenters. The Kier molecular flexibility index (Phi) is 6.30. The van der Waals surface area contributed by atoms with Crippen LogP contribution in [-0.2, 0) is 4.79 Å². The minimum absolute atomic E-state index is 0.00207. The second kappa shape index (κ2) is 9.07. The van der Waals surface area contributed by atoms with Gasteiger partial charge in [-0.2, -0.15) is 0 Å². The highest BCUT2D eigenvalue weighted by Crippen LogP contribution is 2.14. The van der Waals surface area contributed by atoms with Crippen LogP contribution >= 0.6 is 0 Å². The summed E-state index contributed by atoms with van der Waals surface area (Å²) in [7, 11) is 0. The van der Waals surface area contributed by atoms with Gasteiger partial charge in [-0.3, -0.25) is 4.79 Å². The molecule has 2 amide bonds. The molecule has 0 aliphatic carbocycles. The van der Waals surface area contributed by atoms with Crippen LogP contribution < -0.4 is 9.47 Å². The molecule has 0 saturated carbocycles. The molecule has 1 fully saturated rings. The van der Waals surface area contributed by atoms with Crippen LogP contribution in [0.3, 0.4) is 0 Å². The van der Waals surface area contributed by atoms with Gasteiger partial charge < -0.3 is 19.3 Å². The second-order valence-corrected chi connectivity index (χ2v) is 6.51. The van der Waals surface area contributed by atoms with Gasteiger partial charge in [-0.05, 0) is 43.2 Å². The molecule has 1 heterocycles. The normalized spacial score (nSPS) is 14.4. The number of hydrogen-bond acceptors (Lipinski definition) is 4. The maximum absolute atomic E-state index is 12.4. The second-order valence-electron chi connectivity index (χ2n) is 6.51. The van der Waals surface area contributed by atoms with Gasteiger partial charge in [0.2, 0.25) is 0 Å². The lowest BCUT2D eigenvalue weighted by molar-refractivity contribution is -0.133. The number of benzene rings is 2. The van der Waals surface area contributed by atoms with Crippen molar-refractivity contribution in [2.45, 2.75) is 13.3 Å². The molecule has 1 aliphatic rings. The number of ether oxygens (including phenoxy) is 2. The fraction of sp³-hybridized carbons (Fsp3) is 0.333. The number of aryl methyl sites for hydroxylation is 1. The van der Waals surface area contributed by atoms with Gasteiger partial charge in [0.1, 0.15) is 11.5 Å². The quantitative estimate of drug-likeness (QED) is 0.832. The number of carbonyl (C=O) groups is 2. The van der Waals surface area contributed by atoms with Crippen molar-refractivity contribution in [1.82, 2.24) is 9.80 Å². The highest BCUT2D eigenvalue weighted by Gasteiger charge is 2.23. The number of para-hydroxylation sites is 1. The van der Waals surface area contributed by atoms with Crippen molar-refractivity contribution in [3.63, 3.8) is 0 Å². The molecule has 0 bridgehead atoms. The summed E-state index contributed by atoms with van der Waals surface area (Å²) in [5.74, 6) is 1.13. The number of carbonyl (C=O) groups excluding carboxylic acids is 2. The van der Waals surface area contributed by atoms with E-state index in [9.17, 15) is 9.59 Å². The van der Waals surface area contributed by atoms with E-state index in [4.69, 9.17) is 9.47 Å².